The molecule has 0 saturated carbocycles. The number of aryl methyl sites for hydroxylation is 1. The van der Waals surface area contributed by atoms with Gasteiger partial charge in [-0.15, -0.1) is 0 Å². The van der Waals surface area contributed by atoms with Gasteiger partial charge in [-0.3, -0.25) is 9.69 Å². The number of rotatable bonds is 6. The van der Waals surface area contributed by atoms with Gasteiger partial charge >= 0.3 is 12.1 Å². The van der Waals surface area contributed by atoms with Crippen LogP contribution in [0.5, 0.6) is 11.5 Å². The molecule has 3 aliphatic rings. The van der Waals surface area contributed by atoms with Gasteiger partial charge in [-0.05, 0) is 76.1 Å². The van der Waals surface area contributed by atoms with Crippen molar-refractivity contribution in [1.82, 2.24) is 20.5 Å². The van der Waals surface area contributed by atoms with Gasteiger partial charge in [0, 0.05) is 31.5 Å². The number of para-hydroxylation sites is 1. The first kappa shape index (κ1) is 30.7. The number of nitrogens with one attached hydrogen (secondary N) is 2. The van der Waals surface area contributed by atoms with Crippen LogP contribution in [-0.4, -0.2) is 71.1 Å². The van der Waals surface area contributed by atoms with Crippen molar-refractivity contribution in [2.45, 2.75) is 68.2 Å². The van der Waals surface area contributed by atoms with Gasteiger partial charge < -0.3 is 29.7 Å². The van der Waals surface area contributed by atoms with Gasteiger partial charge in [-0.2, -0.15) is 0 Å². The number of anilines is 2. The van der Waals surface area contributed by atoms with Crippen LogP contribution >= 0.6 is 11.8 Å². The number of urea groups is 1. The summed E-state index contributed by atoms with van der Waals surface area (Å²) in [6.07, 6.45) is 1.50. The summed E-state index contributed by atoms with van der Waals surface area (Å²) < 4.78 is 17.1. The van der Waals surface area contributed by atoms with E-state index < -0.39 is 23.0 Å². The zero-order valence-corrected chi connectivity index (χ0v) is 26.7. The number of ether oxygens (including phenoxy) is 3. The number of nitrogens with zero attached hydrogens (tertiary/aromatic N) is 3. The highest BCUT2D eigenvalue weighted by atomic mass is 32.2. The number of carbonyl (C=O) groups excluding carboxylic acids is 3. The second kappa shape index (κ2) is 12.2. The number of amides is 4. The first-order valence-corrected chi connectivity index (χ1v) is 15.8. The van der Waals surface area contributed by atoms with Crippen LogP contribution in [0, 0.1) is 6.92 Å². The van der Waals surface area contributed by atoms with Gasteiger partial charge in [0.15, 0.2) is 0 Å². The molecule has 3 aliphatic heterocycles. The Labute approximate surface area is 266 Å². The predicted molar refractivity (Wildman–Crippen MR) is 170 cm³/mol. The smallest absolute Gasteiger partial charge is 0.410 e. The Morgan fingerprint density at radius 2 is 1.82 bits per heavy atom. The van der Waals surface area contributed by atoms with Gasteiger partial charge in [0.25, 0.3) is 0 Å². The molecular formula is C33H37N5O6S. The second-order valence-corrected chi connectivity index (χ2v) is 13.5. The number of methoxy groups -OCH3 is 1. The summed E-state index contributed by atoms with van der Waals surface area (Å²) >= 11 is 1.33. The monoisotopic (exact) mass is 631 g/mol. The van der Waals surface area contributed by atoms with Crippen LogP contribution in [0.2, 0.25) is 0 Å². The van der Waals surface area contributed by atoms with E-state index in [1.807, 2.05) is 82.3 Å². The van der Waals surface area contributed by atoms with E-state index in [0.29, 0.717) is 41.7 Å². The van der Waals surface area contributed by atoms with Crippen LogP contribution in [0.25, 0.3) is 0 Å². The van der Waals surface area contributed by atoms with Crippen LogP contribution in [0.15, 0.2) is 65.8 Å². The zero-order chi connectivity index (χ0) is 31.9. The molecule has 1 fully saturated rings. The fourth-order valence-electron chi connectivity index (χ4n) is 5.92. The first-order valence-electron chi connectivity index (χ1n) is 14.9. The lowest BCUT2D eigenvalue weighted by Crippen LogP contribution is -2.57. The van der Waals surface area contributed by atoms with Gasteiger partial charge in [0.1, 0.15) is 27.4 Å². The molecule has 11 nitrogen and oxygen atoms in total. The lowest BCUT2D eigenvalue weighted by molar-refractivity contribution is -0.122. The number of benzene rings is 2. The number of hydrogen-bond acceptors (Lipinski definition) is 8. The number of thioether (sulfide) groups is 1. The molecule has 4 heterocycles. The summed E-state index contributed by atoms with van der Waals surface area (Å²) in [5.41, 5.74) is 2.40. The Kier molecular flexibility index (Phi) is 8.36. The summed E-state index contributed by atoms with van der Waals surface area (Å²) in [7, 11) is 1.59. The van der Waals surface area contributed by atoms with E-state index in [4.69, 9.17) is 14.2 Å². The summed E-state index contributed by atoms with van der Waals surface area (Å²) in [6.45, 7) is 8.04. The SMILES string of the molecule is CO[C@@H]1C[C@@H](NC(=O)C2Sc3nccc4c3C2NC(=O)N4c2ccc(Oc3ccccc3)cc2C)CN(C(=O)OC(C)(C)C)C1. The van der Waals surface area contributed by atoms with E-state index in [-0.39, 0.29) is 24.1 Å². The minimum atomic E-state index is -0.642. The van der Waals surface area contributed by atoms with Gasteiger partial charge in [0.05, 0.1) is 30.1 Å². The van der Waals surface area contributed by atoms with Crippen LogP contribution in [0.4, 0.5) is 21.0 Å². The first-order chi connectivity index (χ1) is 21.5. The molecular weight excluding hydrogens is 594 g/mol. The molecule has 2 unspecified atom stereocenters. The van der Waals surface area contributed by atoms with Crippen molar-refractivity contribution in [1.29, 1.82) is 0 Å². The predicted octanol–water partition coefficient (Wildman–Crippen LogP) is 5.70. The molecule has 0 bridgehead atoms. The number of likely N-dealkylation sites (tertiary alicyclic amines) is 1. The van der Waals surface area contributed by atoms with Crippen LogP contribution < -0.4 is 20.3 Å². The molecule has 2 N–H and O–H groups in total. The van der Waals surface area contributed by atoms with E-state index >= 15 is 0 Å². The molecule has 1 aromatic heterocycles. The highest BCUT2D eigenvalue weighted by Gasteiger charge is 2.47. The number of pyridine rings is 1. The van der Waals surface area contributed by atoms with Crippen molar-refractivity contribution in [3.05, 3.63) is 71.9 Å². The third-order valence-corrected chi connectivity index (χ3v) is 9.18. The topological polar surface area (TPSA) is 122 Å². The maximum absolute atomic E-state index is 13.8. The average molecular weight is 632 g/mol. The van der Waals surface area contributed by atoms with Crippen molar-refractivity contribution in [3.8, 4) is 11.5 Å². The molecule has 4 amide bonds. The van der Waals surface area contributed by atoms with Crippen LogP contribution in [0.1, 0.15) is 44.4 Å². The van der Waals surface area contributed by atoms with E-state index in [2.05, 4.69) is 15.6 Å². The van der Waals surface area contributed by atoms with Crippen LogP contribution in [-0.2, 0) is 14.3 Å². The highest BCUT2D eigenvalue weighted by Crippen LogP contribution is 2.51. The van der Waals surface area contributed by atoms with E-state index in [1.54, 1.807) is 23.1 Å². The number of carbonyl (C=O) groups is 3. The molecule has 0 radical (unpaired) electrons. The summed E-state index contributed by atoms with van der Waals surface area (Å²) in [4.78, 5) is 48.1. The lowest BCUT2D eigenvalue weighted by Gasteiger charge is -2.38. The number of piperidine rings is 1. The van der Waals surface area contributed by atoms with Crippen molar-refractivity contribution in [2.24, 2.45) is 0 Å². The van der Waals surface area contributed by atoms with E-state index in [9.17, 15) is 14.4 Å². The van der Waals surface area contributed by atoms with Crippen molar-refractivity contribution < 1.29 is 28.6 Å². The van der Waals surface area contributed by atoms with Crippen molar-refractivity contribution >= 4 is 41.2 Å². The molecule has 12 heteroatoms. The Morgan fingerprint density at radius 1 is 1.04 bits per heavy atom. The lowest BCUT2D eigenvalue weighted by atomic mass is 9.98. The van der Waals surface area contributed by atoms with Crippen molar-refractivity contribution in [3.63, 3.8) is 0 Å². The van der Waals surface area contributed by atoms with Crippen LogP contribution in [0.3, 0.4) is 0 Å². The fourth-order valence-corrected chi connectivity index (χ4v) is 7.15. The minimum absolute atomic E-state index is 0.243. The standard InChI is InChI=1S/C33H37N5O6S/c1-19-15-22(43-21-9-7-6-8-10-21)11-12-24(19)38-25-13-14-34-30-26(25)27(36-31(38)40)28(45-30)29(39)35-20-16-23(42-5)18-37(17-20)32(41)44-33(2,3)4/h6-15,20,23,27-28H,16-18H2,1-5H3,(H,35,39)(H,36,40)/t20-,23-,27?,28?/m1/s1. The van der Waals surface area contributed by atoms with Gasteiger partial charge in [-0.25, -0.2) is 14.6 Å². The molecule has 0 spiro atoms. The third kappa shape index (κ3) is 6.43. The fraction of sp³-hybridized carbons (Fsp3) is 0.394. The molecule has 45 heavy (non-hydrogen) atoms. The molecule has 0 aliphatic carbocycles. The minimum Gasteiger partial charge on any atom is -0.457 e. The number of aromatic nitrogens is 1. The van der Waals surface area contributed by atoms with Gasteiger partial charge in [-0.1, -0.05) is 30.0 Å². The average Bonchev–Trinajstić information content (AvgIpc) is 3.37. The highest BCUT2D eigenvalue weighted by molar-refractivity contribution is 8.01. The normalized spacial score (nSPS) is 22.4. The van der Waals surface area contributed by atoms with E-state index in [1.165, 1.54) is 11.8 Å². The second-order valence-electron chi connectivity index (χ2n) is 12.4. The summed E-state index contributed by atoms with van der Waals surface area (Å²) in [5.74, 6) is 1.14. The van der Waals surface area contributed by atoms with Gasteiger partial charge in [0.2, 0.25) is 5.91 Å². The Balaban J connectivity index is 1.20. The molecule has 4 atom stereocenters. The number of hydrogen-bond donors (Lipinski definition) is 2. The molecule has 236 valence electrons. The largest absolute Gasteiger partial charge is 0.457 e. The maximum atomic E-state index is 13.8. The zero-order valence-electron chi connectivity index (χ0n) is 25.9. The van der Waals surface area contributed by atoms with Crippen molar-refractivity contribution in [2.75, 3.05) is 25.1 Å². The van der Waals surface area contributed by atoms with E-state index in [0.717, 1.165) is 16.9 Å². The molecule has 3 aromatic rings. The Bertz CT molecular complexity index is 1610. The summed E-state index contributed by atoms with van der Waals surface area (Å²) in [6, 6.07) is 15.6. The summed E-state index contributed by atoms with van der Waals surface area (Å²) in [5, 5.41) is 6.24. The molecule has 6 rings (SSSR count). The Hall–Kier alpha value is -4.29. The maximum Gasteiger partial charge on any atom is 0.410 e. The quantitative estimate of drug-likeness (QED) is 0.355. The Morgan fingerprint density at radius 3 is 2.53 bits per heavy atom. The molecule has 2 aromatic carbocycles. The third-order valence-electron chi connectivity index (χ3n) is 7.90. The molecule has 1 saturated heterocycles.